The van der Waals surface area contributed by atoms with Crippen molar-refractivity contribution in [3.63, 3.8) is 0 Å². The van der Waals surface area contributed by atoms with Crippen LogP contribution in [0.3, 0.4) is 0 Å². The topological polar surface area (TPSA) is 17.8 Å². The van der Waals surface area contributed by atoms with Crippen molar-refractivity contribution in [2.24, 2.45) is 5.92 Å². The zero-order chi connectivity index (χ0) is 13.6. The number of halogens is 3. The van der Waals surface area contributed by atoms with E-state index < -0.39 is 11.6 Å². The van der Waals surface area contributed by atoms with Crippen LogP contribution in [0.4, 0.5) is 8.78 Å². The van der Waals surface area contributed by atoms with Gasteiger partial charge in [0.15, 0.2) is 5.82 Å². The number of aromatic nitrogens is 2. The molecule has 0 unspecified atom stereocenters. The van der Waals surface area contributed by atoms with E-state index in [0.717, 1.165) is 24.7 Å². The largest absolute Gasteiger partial charge is 0.325 e. The van der Waals surface area contributed by atoms with E-state index in [4.69, 9.17) is 11.6 Å². The van der Waals surface area contributed by atoms with Gasteiger partial charge in [-0.1, -0.05) is 6.92 Å². The number of hydrogen-bond acceptors (Lipinski definition) is 1. The Labute approximate surface area is 115 Å². The number of alkyl halides is 1. The monoisotopic (exact) mass is 284 g/mol. The maximum absolute atomic E-state index is 13.8. The third-order valence-corrected chi connectivity index (χ3v) is 4.01. The van der Waals surface area contributed by atoms with Gasteiger partial charge in [-0.25, -0.2) is 13.8 Å². The molecule has 1 aromatic heterocycles. The summed E-state index contributed by atoms with van der Waals surface area (Å²) in [5, 5.41) is 0. The first-order valence-corrected chi connectivity index (χ1v) is 7.05. The molecule has 5 heteroatoms. The second-order valence-corrected chi connectivity index (χ2v) is 5.70. The first kappa shape index (κ1) is 12.9. The highest BCUT2D eigenvalue weighted by molar-refractivity contribution is 6.17. The molecule has 1 fully saturated rings. The number of aryl methyl sites for hydroxylation is 1. The molecule has 1 saturated carbocycles. The van der Waals surface area contributed by atoms with Crippen LogP contribution in [0, 0.1) is 17.6 Å². The first-order valence-electron chi connectivity index (χ1n) is 6.52. The summed E-state index contributed by atoms with van der Waals surface area (Å²) in [6, 6.07) is 2.54. The van der Waals surface area contributed by atoms with E-state index in [9.17, 15) is 8.78 Å². The lowest BCUT2D eigenvalue weighted by atomic mass is 9.81. The Morgan fingerprint density at radius 1 is 1.37 bits per heavy atom. The molecule has 1 aliphatic rings. The predicted molar refractivity (Wildman–Crippen MR) is 71.5 cm³/mol. The van der Waals surface area contributed by atoms with Crippen molar-refractivity contribution in [3.8, 4) is 0 Å². The smallest absolute Gasteiger partial charge is 0.153 e. The van der Waals surface area contributed by atoms with Crippen molar-refractivity contribution in [1.29, 1.82) is 0 Å². The molecule has 102 valence electrons. The second-order valence-electron chi connectivity index (χ2n) is 5.32. The van der Waals surface area contributed by atoms with Gasteiger partial charge in [-0.05, 0) is 24.8 Å². The highest BCUT2D eigenvalue weighted by atomic mass is 35.5. The standard InChI is InChI=1S/C14H15ClF2N2/c1-8-4-10(5-8)19-12-7-9(16)6-11(17)14(12)18-13(19)2-3-15/h6-8,10H,2-5H2,1H3. The Hall–Kier alpha value is -1.16. The first-order chi connectivity index (χ1) is 9.10. The van der Waals surface area contributed by atoms with Gasteiger partial charge in [-0.15, -0.1) is 11.6 Å². The fourth-order valence-corrected chi connectivity index (χ4v) is 3.08. The van der Waals surface area contributed by atoms with Crippen molar-refractivity contribution in [1.82, 2.24) is 9.55 Å². The molecule has 1 aromatic carbocycles. The lowest BCUT2D eigenvalue weighted by molar-refractivity contribution is 0.216. The summed E-state index contributed by atoms with van der Waals surface area (Å²) >= 11 is 5.78. The number of imidazole rings is 1. The highest BCUT2D eigenvalue weighted by Gasteiger charge is 2.30. The van der Waals surface area contributed by atoms with E-state index >= 15 is 0 Å². The SMILES string of the molecule is CC1CC(n2c(CCCl)nc3c(F)cc(F)cc32)C1. The number of rotatable bonds is 3. The molecule has 3 rings (SSSR count). The molecule has 2 nitrogen and oxygen atoms in total. The van der Waals surface area contributed by atoms with E-state index in [0.29, 0.717) is 29.8 Å². The van der Waals surface area contributed by atoms with Crippen LogP contribution in [0.25, 0.3) is 11.0 Å². The Morgan fingerprint density at radius 2 is 2.11 bits per heavy atom. The fraction of sp³-hybridized carbons (Fsp3) is 0.500. The minimum absolute atomic E-state index is 0.251. The van der Waals surface area contributed by atoms with E-state index in [2.05, 4.69) is 11.9 Å². The van der Waals surface area contributed by atoms with Crippen LogP contribution in [0.1, 0.15) is 31.6 Å². The van der Waals surface area contributed by atoms with Gasteiger partial charge in [0.05, 0.1) is 5.52 Å². The van der Waals surface area contributed by atoms with Gasteiger partial charge in [0, 0.05) is 24.4 Å². The summed E-state index contributed by atoms with van der Waals surface area (Å²) in [4.78, 5) is 4.31. The van der Waals surface area contributed by atoms with Crippen LogP contribution in [-0.2, 0) is 6.42 Å². The summed E-state index contributed by atoms with van der Waals surface area (Å²) < 4.78 is 29.2. The van der Waals surface area contributed by atoms with Crippen molar-refractivity contribution in [2.75, 3.05) is 5.88 Å². The van der Waals surface area contributed by atoms with Crippen molar-refractivity contribution >= 4 is 22.6 Å². The molecule has 2 aromatic rings. The lowest BCUT2D eigenvalue weighted by Gasteiger charge is -2.35. The number of fused-ring (bicyclic) bond motifs is 1. The Morgan fingerprint density at radius 3 is 2.74 bits per heavy atom. The fourth-order valence-electron chi connectivity index (χ4n) is 2.91. The van der Waals surface area contributed by atoms with E-state index in [1.165, 1.54) is 6.07 Å². The summed E-state index contributed by atoms with van der Waals surface area (Å²) in [7, 11) is 0. The third-order valence-electron chi connectivity index (χ3n) is 3.82. The van der Waals surface area contributed by atoms with Gasteiger partial charge < -0.3 is 4.57 Å². The van der Waals surface area contributed by atoms with Crippen LogP contribution in [0.2, 0.25) is 0 Å². The van der Waals surface area contributed by atoms with E-state index in [1.54, 1.807) is 0 Å². The molecule has 1 heterocycles. The molecule has 0 amide bonds. The van der Waals surface area contributed by atoms with Gasteiger partial charge in [-0.2, -0.15) is 0 Å². The number of hydrogen-bond donors (Lipinski definition) is 0. The van der Waals surface area contributed by atoms with E-state index in [-0.39, 0.29) is 5.52 Å². The molecular weight excluding hydrogens is 270 g/mol. The van der Waals surface area contributed by atoms with Crippen LogP contribution in [0.5, 0.6) is 0 Å². The van der Waals surface area contributed by atoms with Gasteiger partial charge in [0.1, 0.15) is 17.2 Å². The van der Waals surface area contributed by atoms with Crippen LogP contribution in [-0.4, -0.2) is 15.4 Å². The maximum Gasteiger partial charge on any atom is 0.153 e. The molecule has 0 saturated heterocycles. The Kier molecular flexibility index (Phi) is 3.21. The Balaban J connectivity index is 2.17. The lowest BCUT2D eigenvalue weighted by Crippen LogP contribution is -2.26. The van der Waals surface area contributed by atoms with Crippen molar-refractivity contribution in [3.05, 3.63) is 29.6 Å². The average Bonchev–Trinajstić information content (AvgIpc) is 2.64. The maximum atomic E-state index is 13.8. The molecule has 0 aliphatic heterocycles. The molecule has 0 bridgehead atoms. The van der Waals surface area contributed by atoms with E-state index in [1.807, 2.05) is 4.57 Å². The molecular formula is C14H15ClF2N2. The van der Waals surface area contributed by atoms with Crippen molar-refractivity contribution < 1.29 is 8.78 Å². The van der Waals surface area contributed by atoms with Crippen LogP contribution < -0.4 is 0 Å². The molecule has 0 spiro atoms. The minimum Gasteiger partial charge on any atom is -0.325 e. The molecule has 0 radical (unpaired) electrons. The zero-order valence-electron chi connectivity index (χ0n) is 10.7. The second kappa shape index (κ2) is 4.75. The minimum atomic E-state index is -0.600. The number of benzene rings is 1. The molecule has 0 N–H and O–H groups in total. The normalized spacial score (nSPS) is 22.7. The molecule has 1 aliphatic carbocycles. The van der Waals surface area contributed by atoms with Crippen LogP contribution in [0.15, 0.2) is 12.1 Å². The van der Waals surface area contributed by atoms with Gasteiger partial charge in [0.25, 0.3) is 0 Å². The Bertz CT molecular complexity index is 617. The van der Waals surface area contributed by atoms with Crippen LogP contribution >= 0.6 is 11.6 Å². The summed E-state index contributed by atoms with van der Waals surface area (Å²) in [6.07, 6.45) is 2.62. The third kappa shape index (κ3) is 2.12. The average molecular weight is 285 g/mol. The summed E-state index contributed by atoms with van der Waals surface area (Å²) in [5.74, 6) is 0.680. The quantitative estimate of drug-likeness (QED) is 0.777. The predicted octanol–water partition coefficient (Wildman–Crippen LogP) is 4.07. The highest BCUT2D eigenvalue weighted by Crippen LogP contribution is 2.40. The molecule has 19 heavy (non-hydrogen) atoms. The zero-order valence-corrected chi connectivity index (χ0v) is 11.4. The van der Waals surface area contributed by atoms with Crippen molar-refractivity contribution in [2.45, 2.75) is 32.2 Å². The summed E-state index contributed by atoms with van der Waals surface area (Å²) in [5.41, 5.74) is 0.801. The van der Waals surface area contributed by atoms with Gasteiger partial charge in [-0.3, -0.25) is 0 Å². The molecule has 0 atom stereocenters. The van der Waals surface area contributed by atoms with Gasteiger partial charge in [0.2, 0.25) is 0 Å². The van der Waals surface area contributed by atoms with Gasteiger partial charge >= 0.3 is 0 Å². The summed E-state index contributed by atoms with van der Waals surface area (Å²) in [6.45, 7) is 2.18. The number of nitrogens with zero attached hydrogens (tertiary/aromatic N) is 2.